The van der Waals surface area contributed by atoms with Crippen LogP contribution in [0.2, 0.25) is 0 Å². The second-order valence-electron chi connectivity index (χ2n) is 14.7. The summed E-state index contributed by atoms with van der Waals surface area (Å²) in [6.07, 6.45) is 5.08. The first-order valence-electron chi connectivity index (χ1n) is 18.7. The SMILES string of the molecule is COC(=O)N[C@H](C(=O)N1CCC[C@H]1c1ncc(-c2ccc(-c3ccc(-c4cnc([C@@H]5CCCN5C(=O)[C@@H](NC(O)OC)C(C)C)[nH]4)cc3)cc2)[nH]1)C(C)C. The highest BCUT2D eigenvalue weighted by Crippen LogP contribution is 2.35. The number of aliphatic hydroxyl groups excluding tert-OH is 1. The van der Waals surface area contributed by atoms with E-state index in [1.54, 1.807) is 6.20 Å². The number of hydrogen-bond acceptors (Lipinski definition) is 9. The summed E-state index contributed by atoms with van der Waals surface area (Å²) in [4.78, 5) is 58.9. The molecule has 2 fully saturated rings. The molecule has 2 aliphatic rings. The number of ether oxygens (including phenoxy) is 2. The zero-order valence-corrected chi connectivity index (χ0v) is 31.8. The van der Waals surface area contributed by atoms with Gasteiger partial charge in [-0.15, -0.1) is 0 Å². The van der Waals surface area contributed by atoms with Crippen molar-refractivity contribution < 1.29 is 29.0 Å². The molecule has 0 aliphatic carbocycles. The molecule has 1 unspecified atom stereocenters. The molecule has 0 radical (unpaired) electrons. The number of nitrogens with one attached hydrogen (secondary N) is 4. The third kappa shape index (κ3) is 8.35. The number of methoxy groups -OCH3 is 2. The number of rotatable bonds is 13. The predicted molar refractivity (Wildman–Crippen MR) is 203 cm³/mol. The Bertz CT molecular complexity index is 1890. The van der Waals surface area contributed by atoms with Crippen molar-refractivity contribution in [1.82, 2.24) is 40.4 Å². The van der Waals surface area contributed by atoms with Crippen LogP contribution in [0.4, 0.5) is 4.79 Å². The molecule has 4 heterocycles. The summed E-state index contributed by atoms with van der Waals surface area (Å²) >= 11 is 0. The molecule has 0 bridgehead atoms. The lowest BCUT2D eigenvalue weighted by atomic mass is 10.0. The lowest BCUT2D eigenvalue weighted by molar-refractivity contribution is -0.145. The van der Waals surface area contributed by atoms with Gasteiger partial charge >= 0.3 is 6.09 Å². The van der Waals surface area contributed by atoms with Crippen molar-refractivity contribution in [3.63, 3.8) is 0 Å². The molecule has 2 saturated heterocycles. The normalized spacial score (nSPS) is 19.0. The van der Waals surface area contributed by atoms with Crippen LogP contribution in [0, 0.1) is 11.8 Å². The summed E-state index contributed by atoms with van der Waals surface area (Å²) < 4.78 is 9.70. The third-order valence-corrected chi connectivity index (χ3v) is 10.5. The summed E-state index contributed by atoms with van der Waals surface area (Å²) in [6.45, 7) is 8.90. The highest BCUT2D eigenvalue weighted by Gasteiger charge is 2.39. The molecule has 3 amide bonds. The topological polar surface area (TPSA) is 178 Å². The van der Waals surface area contributed by atoms with Gasteiger partial charge in [0.25, 0.3) is 0 Å². The molecule has 2 aromatic carbocycles. The first-order chi connectivity index (χ1) is 26.0. The van der Waals surface area contributed by atoms with Gasteiger partial charge in [0.2, 0.25) is 18.2 Å². The van der Waals surface area contributed by atoms with Gasteiger partial charge in [0.15, 0.2) is 0 Å². The number of aromatic amines is 2. The van der Waals surface area contributed by atoms with Gasteiger partial charge in [-0.2, -0.15) is 0 Å². The van der Waals surface area contributed by atoms with Gasteiger partial charge < -0.3 is 39.7 Å². The number of amides is 3. The Kier molecular flexibility index (Phi) is 12.1. The van der Waals surface area contributed by atoms with E-state index in [0.29, 0.717) is 13.1 Å². The van der Waals surface area contributed by atoms with E-state index in [4.69, 9.17) is 9.47 Å². The van der Waals surface area contributed by atoms with Gasteiger partial charge in [-0.05, 0) is 59.8 Å². The van der Waals surface area contributed by atoms with Gasteiger partial charge in [-0.25, -0.2) is 14.8 Å². The van der Waals surface area contributed by atoms with Crippen molar-refractivity contribution >= 4 is 17.9 Å². The maximum Gasteiger partial charge on any atom is 0.407 e. The molecule has 5 atom stereocenters. The van der Waals surface area contributed by atoms with Crippen LogP contribution < -0.4 is 10.6 Å². The fraction of sp³-hybridized carbons (Fsp3) is 0.475. The molecule has 5 N–H and O–H groups in total. The standard InChI is InChI=1S/C40H52N8O6/c1-23(2)33(45-39(51)53-5)37(49)47-19-7-9-31(47)35-41-21-29(43-35)27-15-11-25(12-16-27)26-13-17-28(18-14-26)30-22-42-36(44-30)32-10-8-20-48(32)38(50)34(24(3)4)46-40(52)54-6/h11-18,21-24,31-34,39,45,51H,7-10,19-20H2,1-6H3,(H,41,43)(H,42,44)(H,46,52)/t31-,32-,33-,34-,39?/m0/s1. The number of likely N-dealkylation sites (tertiary alicyclic amines) is 2. The van der Waals surface area contributed by atoms with Crippen molar-refractivity contribution in [2.45, 2.75) is 84.0 Å². The fourth-order valence-electron chi connectivity index (χ4n) is 7.45. The van der Waals surface area contributed by atoms with Crippen molar-refractivity contribution in [3.05, 3.63) is 72.6 Å². The van der Waals surface area contributed by atoms with E-state index >= 15 is 0 Å². The summed E-state index contributed by atoms with van der Waals surface area (Å²) in [6, 6.07) is 14.9. The van der Waals surface area contributed by atoms with Crippen molar-refractivity contribution in [2.75, 3.05) is 27.3 Å². The fourth-order valence-corrected chi connectivity index (χ4v) is 7.45. The lowest BCUT2D eigenvalue weighted by Gasteiger charge is -2.31. The van der Waals surface area contributed by atoms with Crippen LogP contribution in [0.1, 0.15) is 77.1 Å². The van der Waals surface area contributed by atoms with Gasteiger partial charge in [-0.3, -0.25) is 14.9 Å². The van der Waals surface area contributed by atoms with E-state index in [0.717, 1.165) is 71.0 Å². The largest absolute Gasteiger partial charge is 0.453 e. The number of H-pyrrole nitrogens is 2. The molecule has 288 valence electrons. The predicted octanol–water partition coefficient (Wildman–Crippen LogP) is 5.38. The van der Waals surface area contributed by atoms with Gasteiger partial charge in [0, 0.05) is 20.2 Å². The minimum absolute atomic E-state index is 0.0433. The molecular weight excluding hydrogens is 688 g/mol. The van der Waals surface area contributed by atoms with Crippen LogP contribution in [0.25, 0.3) is 33.6 Å². The van der Waals surface area contributed by atoms with E-state index in [9.17, 15) is 19.5 Å². The number of aliphatic hydroxyl groups is 1. The van der Waals surface area contributed by atoms with Crippen LogP contribution in [0.15, 0.2) is 60.9 Å². The first kappa shape index (κ1) is 38.7. The van der Waals surface area contributed by atoms with E-state index < -0.39 is 24.6 Å². The molecule has 4 aromatic rings. The Hall–Kier alpha value is -5.05. The van der Waals surface area contributed by atoms with Crippen molar-refractivity contribution in [2.24, 2.45) is 11.8 Å². The maximum absolute atomic E-state index is 13.6. The molecular formula is C40H52N8O6. The second-order valence-corrected chi connectivity index (χ2v) is 14.7. The molecule has 14 heteroatoms. The number of aromatic nitrogens is 4. The van der Waals surface area contributed by atoms with Crippen LogP contribution in [-0.2, 0) is 19.1 Å². The minimum atomic E-state index is -1.22. The summed E-state index contributed by atoms with van der Waals surface area (Å²) in [5, 5.41) is 15.6. The minimum Gasteiger partial charge on any atom is -0.453 e. The van der Waals surface area contributed by atoms with Gasteiger partial charge in [-0.1, -0.05) is 76.2 Å². The lowest BCUT2D eigenvalue weighted by Crippen LogP contribution is -2.52. The number of benzene rings is 2. The van der Waals surface area contributed by atoms with Crippen LogP contribution >= 0.6 is 0 Å². The number of nitrogens with zero attached hydrogens (tertiary/aromatic N) is 4. The molecule has 2 aromatic heterocycles. The third-order valence-electron chi connectivity index (χ3n) is 10.5. The van der Waals surface area contributed by atoms with Gasteiger partial charge in [0.05, 0.1) is 49.0 Å². The van der Waals surface area contributed by atoms with Crippen LogP contribution in [0.3, 0.4) is 0 Å². The molecule has 0 spiro atoms. The Labute approximate surface area is 316 Å². The highest BCUT2D eigenvalue weighted by molar-refractivity contribution is 5.86. The van der Waals surface area contributed by atoms with Crippen LogP contribution in [0.5, 0.6) is 0 Å². The Morgan fingerprint density at radius 1 is 0.722 bits per heavy atom. The second kappa shape index (κ2) is 17.0. The summed E-state index contributed by atoms with van der Waals surface area (Å²) in [5.41, 5.74) is 5.82. The molecule has 2 aliphatic heterocycles. The quantitative estimate of drug-likeness (QED) is 0.113. The molecule has 6 rings (SSSR count). The molecule has 14 nitrogen and oxygen atoms in total. The van der Waals surface area contributed by atoms with Gasteiger partial charge in [0.1, 0.15) is 17.7 Å². The number of alkyl carbamates (subject to hydrolysis) is 1. The van der Waals surface area contributed by atoms with Crippen molar-refractivity contribution in [1.29, 1.82) is 0 Å². The highest BCUT2D eigenvalue weighted by atomic mass is 16.6. The van der Waals surface area contributed by atoms with E-state index in [1.165, 1.54) is 14.2 Å². The first-order valence-corrected chi connectivity index (χ1v) is 18.7. The molecule has 54 heavy (non-hydrogen) atoms. The van der Waals surface area contributed by atoms with E-state index in [-0.39, 0.29) is 35.7 Å². The average molecular weight is 741 g/mol. The number of carbonyl (C=O) groups excluding carboxylic acids is 3. The monoisotopic (exact) mass is 740 g/mol. The summed E-state index contributed by atoms with van der Waals surface area (Å²) in [5.74, 6) is 1.11. The van der Waals surface area contributed by atoms with Crippen molar-refractivity contribution in [3.8, 4) is 33.6 Å². The Balaban J connectivity index is 1.10. The number of imidazole rings is 2. The van der Waals surface area contributed by atoms with E-state index in [2.05, 4.69) is 79.1 Å². The number of carbonyl (C=O) groups is 3. The Morgan fingerprint density at radius 3 is 1.56 bits per heavy atom. The smallest absolute Gasteiger partial charge is 0.407 e. The number of hydrogen-bond donors (Lipinski definition) is 5. The zero-order valence-electron chi connectivity index (χ0n) is 31.8. The summed E-state index contributed by atoms with van der Waals surface area (Å²) in [7, 11) is 2.68. The maximum atomic E-state index is 13.6. The molecule has 0 saturated carbocycles. The average Bonchev–Trinajstić information content (AvgIpc) is 4.02. The Morgan fingerprint density at radius 2 is 1.15 bits per heavy atom. The van der Waals surface area contributed by atoms with Crippen LogP contribution in [-0.4, -0.2) is 98.6 Å². The van der Waals surface area contributed by atoms with E-state index in [1.807, 2.05) is 43.7 Å². The zero-order chi connectivity index (χ0) is 38.5.